The predicted molar refractivity (Wildman–Crippen MR) is 136 cm³/mol. The van der Waals surface area contributed by atoms with Gasteiger partial charge in [-0.3, -0.25) is 9.55 Å². The molecule has 8 heteroatoms. The Morgan fingerprint density at radius 3 is 2.51 bits per heavy atom. The Kier molecular flexibility index (Phi) is 6.30. The Bertz CT molecular complexity index is 1500. The maximum atomic E-state index is 14.4. The van der Waals surface area contributed by atoms with Crippen LogP contribution in [0.25, 0.3) is 16.6 Å². The van der Waals surface area contributed by atoms with Crippen LogP contribution in [0.2, 0.25) is 5.02 Å². The van der Waals surface area contributed by atoms with E-state index in [4.69, 9.17) is 11.6 Å². The number of pyridine rings is 1. The fourth-order valence-corrected chi connectivity index (χ4v) is 5.28. The van der Waals surface area contributed by atoms with Gasteiger partial charge in [0.15, 0.2) is 5.16 Å². The quantitative estimate of drug-likeness (QED) is 0.225. The molecule has 0 fully saturated rings. The zero-order chi connectivity index (χ0) is 24.6. The summed E-state index contributed by atoms with van der Waals surface area (Å²) in [5, 5.41) is 11.0. The highest BCUT2D eigenvalue weighted by molar-refractivity contribution is 7.98. The van der Waals surface area contributed by atoms with Crippen molar-refractivity contribution in [1.29, 1.82) is 0 Å². The largest absolute Gasteiger partial charge is 0.273 e. The molecule has 0 aliphatic carbocycles. The highest BCUT2D eigenvalue weighted by Crippen LogP contribution is 2.36. The molecule has 35 heavy (non-hydrogen) atoms. The van der Waals surface area contributed by atoms with Crippen LogP contribution in [-0.2, 0) is 11.2 Å². The Balaban J connectivity index is 1.60. The molecule has 0 radical (unpaired) electrons. The normalized spacial score (nSPS) is 11.8. The van der Waals surface area contributed by atoms with E-state index in [0.29, 0.717) is 27.3 Å². The lowest BCUT2D eigenvalue weighted by molar-refractivity contribution is 0.571. The van der Waals surface area contributed by atoms with E-state index >= 15 is 0 Å². The molecule has 0 saturated carbocycles. The van der Waals surface area contributed by atoms with Gasteiger partial charge in [0, 0.05) is 33.6 Å². The maximum absolute atomic E-state index is 14.4. The number of thioether (sulfide) groups is 1. The van der Waals surface area contributed by atoms with Crippen molar-refractivity contribution in [2.75, 3.05) is 0 Å². The molecule has 0 aliphatic rings. The number of benzene rings is 3. The molecule has 3 aromatic carbocycles. The first kappa shape index (κ1) is 23.5. The van der Waals surface area contributed by atoms with Crippen LogP contribution in [0.5, 0.6) is 0 Å². The van der Waals surface area contributed by atoms with Gasteiger partial charge in [-0.1, -0.05) is 47.6 Å². The third-order valence-corrected chi connectivity index (χ3v) is 7.32. The smallest absolute Gasteiger partial charge is 0.196 e. The Labute approximate surface area is 211 Å². The van der Waals surface area contributed by atoms with Gasteiger partial charge < -0.3 is 0 Å². The van der Waals surface area contributed by atoms with Gasteiger partial charge in [-0.25, -0.2) is 8.78 Å². The van der Waals surface area contributed by atoms with Crippen molar-refractivity contribution in [3.63, 3.8) is 0 Å². The molecule has 4 nitrogen and oxygen atoms in total. The van der Waals surface area contributed by atoms with Crippen LogP contribution in [-0.4, -0.2) is 19.7 Å². The molecule has 0 bridgehead atoms. The lowest BCUT2D eigenvalue weighted by atomic mass is 9.83. The predicted octanol–water partition coefficient (Wildman–Crippen LogP) is 7.37. The van der Waals surface area contributed by atoms with Gasteiger partial charge in [-0.15, -0.1) is 10.2 Å². The van der Waals surface area contributed by atoms with E-state index < -0.39 is 5.41 Å². The lowest BCUT2D eigenvalue weighted by Crippen LogP contribution is -2.24. The van der Waals surface area contributed by atoms with Crippen LogP contribution in [0, 0.1) is 11.6 Å². The van der Waals surface area contributed by atoms with Crippen LogP contribution in [0.3, 0.4) is 0 Å². The van der Waals surface area contributed by atoms with Crippen LogP contribution in [0.15, 0.2) is 84.1 Å². The minimum atomic E-state index is -0.568. The second-order valence-electron chi connectivity index (χ2n) is 8.64. The molecule has 5 aromatic rings. The summed E-state index contributed by atoms with van der Waals surface area (Å²) in [5.74, 6) is 0.227. The molecule has 0 N–H and O–H groups in total. The van der Waals surface area contributed by atoms with E-state index in [2.05, 4.69) is 35.1 Å². The summed E-state index contributed by atoms with van der Waals surface area (Å²) in [6.07, 6.45) is 1.77. The van der Waals surface area contributed by atoms with Crippen molar-refractivity contribution in [2.45, 2.75) is 30.2 Å². The van der Waals surface area contributed by atoms with E-state index in [1.165, 1.54) is 30.0 Å². The average Bonchev–Trinajstić information content (AvgIpc) is 3.29. The maximum Gasteiger partial charge on any atom is 0.196 e. The van der Waals surface area contributed by atoms with Gasteiger partial charge in [-0.2, -0.15) is 0 Å². The molecule has 2 heterocycles. The molecular formula is C27H21ClF2N4S. The van der Waals surface area contributed by atoms with Crippen LogP contribution >= 0.6 is 23.4 Å². The first-order valence-corrected chi connectivity index (χ1v) is 12.3. The molecular weight excluding hydrogens is 486 g/mol. The van der Waals surface area contributed by atoms with Gasteiger partial charge >= 0.3 is 0 Å². The number of fused-ring (bicyclic) bond motifs is 1. The van der Waals surface area contributed by atoms with Crippen LogP contribution < -0.4 is 0 Å². The highest BCUT2D eigenvalue weighted by atomic mass is 35.5. The fraction of sp³-hybridized carbons (Fsp3) is 0.148. The van der Waals surface area contributed by atoms with Crippen LogP contribution in [0.1, 0.15) is 30.8 Å². The monoisotopic (exact) mass is 506 g/mol. The Morgan fingerprint density at radius 2 is 1.74 bits per heavy atom. The number of hydrogen-bond acceptors (Lipinski definition) is 4. The summed E-state index contributed by atoms with van der Waals surface area (Å²) in [6, 6.07) is 20.8. The van der Waals surface area contributed by atoms with E-state index in [9.17, 15) is 8.78 Å². The molecule has 2 aromatic heterocycles. The minimum Gasteiger partial charge on any atom is -0.273 e. The molecule has 0 amide bonds. The summed E-state index contributed by atoms with van der Waals surface area (Å²) in [7, 11) is 0. The number of halogens is 3. The standard InChI is InChI=1S/C27H21ClF2N4S/c1-27(2,18-9-8-17-5-4-14-31-24(17)15-18)25-32-33-26(34(25)20-12-10-19(29)11-13-20)35-16-21-22(28)6-3-7-23(21)30/h3-15H,16H2,1-2H3. The highest BCUT2D eigenvalue weighted by Gasteiger charge is 2.32. The molecule has 0 aliphatic heterocycles. The van der Waals surface area contributed by atoms with Gasteiger partial charge in [0.05, 0.1) is 10.9 Å². The minimum absolute atomic E-state index is 0.269. The fourth-order valence-electron chi connectivity index (χ4n) is 3.98. The van der Waals surface area contributed by atoms with Crippen molar-refractivity contribution in [1.82, 2.24) is 19.7 Å². The van der Waals surface area contributed by atoms with Gasteiger partial charge in [0.2, 0.25) is 0 Å². The van der Waals surface area contributed by atoms with Crippen molar-refractivity contribution in [2.24, 2.45) is 0 Å². The second kappa shape index (κ2) is 9.40. The topological polar surface area (TPSA) is 43.6 Å². The van der Waals surface area contributed by atoms with Gasteiger partial charge in [0.1, 0.15) is 17.5 Å². The molecule has 0 saturated heterocycles. The summed E-state index contributed by atoms with van der Waals surface area (Å²) < 4.78 is 30.0. The zero-order valence-corrected chi connectivity index (χ0v) is 20.6. The first-order valence-electron chi connectivity index (χ1n) is 11.0. The van der Waals surface area contributed by atoms with Crippen molar-refractivity contribution >= 4 is 34.3 Å². The molecule has 0 unspecified atom stereocenters. The second-order valence-corrected chi connectivity index (χ2v) is 9.99. The van der Waals surface area contributed by atoms with Gasteiger partial charge in [-0.05, 0) is 67.9 Å². The SMILES string of the molecule is CC(C)(c1ccc2cccnc2c1)c1nnc(SCc2c(F)cccc2Cl)n1-c1ccc(F)cc1. The summed E-state index contributed by atoms with van der Waals surface area (Å²) >= 11 is 7.55. The number of hydrogen-bond donors (Lipinski definition) is 0. The molecule has 0 atom stereocenters. The summed E-state index contributed by atoms with van der Waals surface area (Å²) in [4.78, 5) is 4.49. The zero-order valence-electron chi connectivity index (χ0n) is 19.0. The van der Waals surface area contributed by atoms with E-state index in [1.807, 2.05) is 28.8 Å². The third kappa shape index (κ3) is 4.54. The van der Waals surface area contributed by atoms with Gasteiger partial charge in [0.25, 0.3) is 0 Å². The first-order chi connectivity index (χ1) is 16.8. The van der Waals surface area contributed by atoms with E-state index in [-0.39, 0.29) is 17.4 Å². The average molecular weight is 507 g/mol. The van der Waals surface area contributed by atoms with Crippen molar-refractivity contribution < 1.29 is 8.78 Å². The summed E-state index contributed by atoms with van der Waals surface area (Å²) in [6.45, 7) is 4.12. The molecule has 5 rings (SSSR count). The molecule has 0 spiro atoms. The van der Waals surface area contributed by atoms with Crippen molar-refractivity contribution in [3.8, 4) is 5.69 Å². The third-order valence-electron chi connectivity index (χ3n) is 6.01. The Hall–Kier alpha value is -3.29. The molecule has 176 valence electrons. The van der Waals surface area contributed by atoms with Crippen LogP contribution in [0.4, 0.5) is 8.78 Å². The van der Waals surface area contributed by atoms with Crippen molar-refractivity contribution in [3.05, 3.63) is 113 Å². The lowest BCUT2D eigenvalue weighted by Gasteiger charge is -2.26. The number of rotatable bonds is 6. The Morgan fingerprint density at radius 1 is 0.943 bits per heavy atom. The number of nitrogens with zero attached hydrogens (tertiary/aromatic N) is 4. The summed E-state index contributed by atoms with van der Waals surface area (Å²) in [5.41, 5.74) is 2.43. The van der Waals surface area contributed by atoms with E-state index in [0.717, 1.165) is 16.5 Å². The number of aromatic nitrogens is 4. The van der Waals surface area contributed by atoms with E-state index in [1.54, 1.807) is 30.5 Å².